The molecule has 1 aromatic carbocycles. The average Bonchev–Trinajstić information content (AvgIpc) is 2.67. The van der Waals surface area contributed by atoms with Crippen LogP contribution in [0.2, 0.25) is 0 Å². The van der Waals surface area contributed by atoms with E-state index in [0.717, 1.165) is 58.0 Å². The van der Waals surface area contributed by atoms with Crippen LogP contribution in [0.15, 0.2) is 35.3 Å². The maximum atomic E-state index is 5.59. The zero-order valence-electron chi connectivity index (χ0n) is 17.0. The van der Waals surface area contributed by atoms with Crippen molar-refractivity contribution in [3.8, 4) is 0 Å². The number of nitrogens with zero attached hydrogens (tertiary/aromatic N) is 2. The molecule has 154 valence electrons. The minimum absolute atomic E-state index is 0. The summed E-state index contributed by atoms with van der Waals surface area (Å²) in [4.78, 5) is 7.19. The van der Waals surface area contributed by atoms with Gasteiger partial charge in [-0.3, -0.25) is 9.89 Å². The number of unbranched alkanes of at least 4 members (excludes halogenated alkanes) is 1. The van der Waals surface area contributed by atoms with E-state index < -0.39 is 0 Å². The van der Waals surface area contributed by atoms with Crippen molar-refractivity contribution in [3.63, 3.8) is 0 Å². The van der Waals surface area contributed by atoms with Crippen molar-refractivity contribution >= 4 is 29.9 Å². The summed E-state index contributed by atoms with van der Waals surface area (Å²) in [6, 6.07) is 11.2. The third kappa shape index (κ3) is 10.3. The highest BCUT2D eigenvalue weighted by Gasteiger charge is 2.19. The molecule has 0 aromatic heterocycles. The summed E-state index contributed by atoms with van der Waals surface area (Å²) in [5.74, 6) is 0.924. The number of rotatable bonds is 10. The molecule has 0 saturated carbocycles. The summed E-state index contributed by atoms with van der Waals surface area (Å²) in [6.07, 6.45) is 4.62. The van der Waals surface area contributed by atoms with Crippen LogP contribution < -0.4 is 10.6 Å². The van der Waals surface area contributed by atoms with Crippen molar-refractivity contribution in [3.05, 3.63) is 35.9 Å². The molecule has 0 atom stereocenters. The van der Waals surface area contributed by atoms with Gasteiger partial charge in [-0.25, -0.2) is 0 Å². The van der Waals surface area contributed by atoms with Crippen LogP contribution >= 0.6 is 24.0 Å². The first-order valence-electron chi connectivity index (χ1n) is 10.2. The van der Waals surface area contributed by atoms with Crippen LogP contribution in [0.1, 0.15) is 45.1 Å². The predicted octanol–water partition coefficient (Wildman–Crippen LogP) is 3.64. The lowest BCUT2D eigenvalue weighted by molar-refractivity contribution is 0.138. The van der Waals surface area contributed by atoms with Crippen molar-refractivity contribution in [2.24, 2.45) is 4.99 Å². The number of piperidine rings is 1. The van der Waals surface area contributed by atoms with Gasteiger partial charge in [0.15, 0.2) is 5.96 Å². The fraction of sp³-hybridized carbons (Fsp3) is 0.667. The maximum absolute atomic E-state index is 5.59. The minimum atomic E-state index is 0. The standard InChI is InChI=1S/C21H36N4O.HI/c1-3-5-16-26-17-13-23-21(22-4-2)24-20-11-14-25(15-12-20)18-19-9-7-6-8-10-19;/h6-10,20H,3-5,11-18H2,1-2H3,(H2,22,23,24);1H. The number of aliphatic imine (C=N–C) groups is 1. The van der Waals surface area contributed by atoms with Crippen molar-refractivity contribution in [1.82, 2.24) is 15.5 Å². The molecule has 0 unspecified atom stereocenters. The Kier molecular flexibility index (Phi) is 13.5. The maximum Gasteiger partial charge on any atom is 0.191 e. The van der Waals surface area contributed by atoms with Crippen LogP contribution in [-0.4, -0.2) is 56.3 Å². The number of hydrogen-bond donors (Lipinski definition) is 2. The van der Waals surface area contributed by atoms with E-state index in [2.05, 4.69) is 64.7 Å². The minimum Gasteiger partial charge on any atom is -0.380 e. The average molecular weight is 488 g/mol. The zero-order valence-corrected chi connectivity index (χ0v) is 19.3. The van der Waals surface area contributed by atoms with Gasteiger partial charge in [0, 0.05) is 38.8 Å². The molecule has 2 N–H and O–H groups in total. The van der Waals surface area contributed by atoms with Gasteiger partial charge in [0.2, 0.25) is 0 Å². The molecule has 5 nitrogen and oxygen atoms in total. The van der Waals surface area contributed by atoms with E-state index in [-0.39, 0.29) is 24.0 Å². The zero-order chi connectivity index (χ0) is 18.5. The van der Waals surface area contributed by atoms with Gasteiger partial charge in [-0.2, -0.15) is 0 Å². The number of benzene rings is 1. The van der Waals surface area contributed by atoms with Gasteiger partial charge in [-0.05, 0) is 31.7 Å². The second-order valence-electron chi connectivity index (χ2n) is 6.91. The number of likely N-dealkylation sites (tertiary alicyclic amines) is 1. The summed E-state index contributed by atoms with van der Waals surface area (Å²) in [7, 11) is 0. The van der Waals surface area contributed by atoms with Crippen molar-refractivity contribution < 1.29 is 4.74 Å². The van der Waals surface area contributed by atoms with Gasteiger partial charge >= 0.3 is 0 Å². The van der Waals surface area contributed by atoms with Crippen LogP contribution in [0.25, 0.3) is 0 Å². The van der Waals surface area contributed by atoms with Gasteiger partial charge < -0.3 is 15.4 Å². The first-order valence-corrected chi connectivity index (χ1v) is 10.2. The highest BCUT2D eigenvalue weighted by molar-refractivity contribution is 14.0. The van der Waals surface area contributed by atoms with Gasteiger partial charge in [-0.1, -0.05) is 43.7 Å². The van der Waals surface area contributed by atoms with Crippen LogP contribution in [0.3, 0.4) is 0 Å². The molecule has 0 amide bonds. The molecule has 0 radical (unpaired) electrons. The molecule has 1 aliphatic rings. The van der Waals surface area contributed by atoms with Gasteiger partial charge in [-0.15, -0.1) is 24.0 Å². The van der Waals surface area contributed by atoms with E-state index in [1.807, 2.05) is 0 Å². The molecule has 1 saturated heterocycles. The molecular weight excluding hydrogens is 451 g/mol. The molecule has 2 rings (SSSR count). The van der Waals surface area contributed by atoms with Crippen LogP contribution in [0.5, 0.6) is 0 Å². The van der Waals surface area contributed by atoms with E-state index in [1.54, 1.807) is 0 Å². The molecular formula is C21H37IN4O. The molecule has 1 aromatic rings. The SMILES string of the molecule is CCCCOCCN=C(NCC)NC1CCN(Cc2ccccc2)CC1.I. The molecule has 0 aliphatic carbocycles. The van der Waals surface area contributed by atoms with Gasteiger partial charge in [0.25, 0.3) is 0 Å². The lowest BCUT2D eigenvalue weighted by Gasteiger charge is -2.33. The predicted molar refractivity (Wildman–Crippen MR) is 125 cm³/mol. The lowest BCUT2D eigenvalue weighted by atomic mass is 10.0. The Morgan fingerprint density at radius 2 is 1.89 bits per heavy atom. The summed E-state index contributed by atoms with van der Waals surface area (Å²) in [5.41, 5.74) is 1.40. The number of ether oxygens (including phenoxy) is 1. The summed E-state index contributed by atoms with van der Waals surface area (Å²) in [6.45, 7) is 10.7. The van der Waals surface area contributed by atoms with E-state index in [4.69, 9.17) is 4.74 Å². The van der Waals surface area contributed by atoms with Gasteiger partial charge in [0.05, 0.1) is 13.2 Å². The number of hydrogen-bond acceptors (Lipinski definition) is 3. The second-order valence-corrected chi connectivity index (χ2v) is 6.91. The summed E-state index contributed by atoms with van der Waals surface area (Å²) >= 11 is 0. The number of guanidine groups is 1. The topological polar surface area (TPSA) is 48.9 Å². The Bertz CT molecular complexity index is 504. The molecule has 1 aliphatic heterocycles. The molecule has 1 heterocycles. The Hall–Kier alpha value is -0.860. The first-order chi connectivity index (χ1) is 12.8. The summed E-state index contributed by atoms with van der Waals surface area (Å²) in [5, 5.41) is 6.95. The second kappa shape index (κ2) is 15.1. The first kappa shape index (κ1) is 24.2. The Labute approximate surface area is 182 Å². The molecule has 0 bridgehead atoms. The van der Waals surface area contributed by atoms with E-state index in [9.17, 15) is 0 Å². The number of halogens is 1. The quantitative estimate of drug-likeness (QED) is 0.229. The lowest BCUT2D eigenvalue weighted by Crippen LogP contribution is -2.48. The highest BCUT2D eigenvalue weighted by atomic mass is 127. The van der Waals surface area contributed by atoms with E-state index >= 15 is 0 Å². The third-order valence-corrected chi connectivity index (χ3v) is 4.67. The molecule has 27 heavy (non-hydrogen) atoms. The fourth-order valence-corrected chi connectivity index (χ4v) is 3.16. The number of nitrogens with one attached hydrogen (secondary N) is 2. The van der Waals surface area contributed by atoms with Crippen LogP contribution in [-0.2, 0) is 11.3 Å². The normalized spacial score (nSPS) is 16.0. The Morgan fingerprint density at radius 1 is 1.15 bits per heavy atom. The Balaban J connectivity index is 0.00000364. The molecule has 1 fully saturated rings. The molecule has 0 spiro atoms. The summed E-state index contributed by atoms with van der Waals surface area (Å²) < 4.78 is 5.59. The van der Waals surface area contributed by atoms with Crippen molar-refractivity contribution in [2.45, 2.75) is 52.1 Å². The third-order valence-electron chi connectivity index (χ3n) is 4.67. The smallest absolute Gasteiger partial charge is 0.191 e. The Morgan fingerprint density at radius 3 is 2.56 bits per heavy atom. The fourth-order valence-electron chi connectivity index (χ4n) is 3.16. The monoisotopic (exact) mass is 488 g/mol. The van der Waals surface area contributed by atoms with Crippen molar-refractivity contribution in [2.75, 3.05) is 39.4 Å². The van der Waals surface area contributed by atoms with E-state index in [0.29, 0.717) is 19.2 Å². The molecule has 6 heteroatoms. The largest absolute Gasteiger partial charge is 0.380 e. The van der Waals surface area contributed by atoms with Crippen LogP contribution in [0, 0.1) is 0 Å². The van der Waals surface area contributed by atoms with Gasteiger partial charge in [0.1, 0.15) is 0 Å². The highest BCUT2D eigenvalue weighted by Crippen LogP contribution is 2.13. The van der Waals surface area contributed by atoms with E-state index in [1.165, 1.54) is 12.0 Å². The van der Waals surface area contributed by atoms with Crippen molar-refractivity contribution in [1.29, 1.82) is 0 Å². The van der Waals surface area contributed by atoms with Crippen LogP contribution in [0.4, 0.5) is 0 Å².